The molecule has 3 saturated heterocycles. The number of nitrogens with one attached hydrogen (secondary N) is 3. The highest BCUT2D eigenvalue weighted by Gasteiger charge is 2.46. The van der Waals surface area contributed by atoms with Gasteiger partial charge in [-0.15, -0.1) is 0 Å². The summed E-state index contributed by atoms with van der Waals surface area (Å²) in [5, 5.41) is 17.8. The van der Waals surface area contributed by atoms with Crippen molar-refractivity contribution in [1.29, 1.82) is 0 Å². The number of alkyl halides is 1. The van der Waals surface area contributed by atoms with Crippen molar-refractivity contribution >= 4 is 45.8 Å². The third-order valence-electron chi connectivity index (χ3n) is 13.5. The summed E-state index contributed by atoms with van der Waals surface area (Å²) in [4.78, 5) is 60.3. The summed E-state index contributed by atoms with van der Waals surface area (Å²) in [7, 11) is 3.57. The number of imide groups is 1. The second-order valence-electron chi connectivity index (χ2n) is 17.3. The number of amides is 3. The van der Waals surface area contributed by atoms with Gasteiger partial charge in [-0.05, 0) is 74.5 Å². The minimum atomic E-state index is -0.996. The van der Waals surface area contributed by atoms with Crippen LogP contribution >= 0.6 is 0 Å². The molecule has 16 nitrogen and oxygen atoms in total. The van der Waals surface area contributed by atoms with Gasteiger partial charge < -0.3 is 20.4 Å². The molecular formula is C41H49FN12O4. The van der Waals surface area contributed by atoms with Gasteiger partial charge in [-0.3, -0.25) is 33.5 Å². The van der Waals surface area contributed by atoms with Crippen molar-refractivity contribution in [2.75, 3.05) is 50.0 Å². The highest BCUT2D eigenvalue weighted by molar-refractivity contribution is 6.00. The molecule has 2 aliphatic carbocycles. The SMILES string of the molecule is CNc1cc(-c2cnn(C3CCC(CN4CC5(CCN(c6cccc7c6n(C)c(=O)n7C6CCC(=O)NC6=O)CC5)C4)CC3)c2)nn2c(C(=O)N[C@@H]3C[C@@H]3F)cnc12. The van der Waals surface area contributed by atoms with Crippen LogP contribution in [0.3, 0.4) is 0 Å². The topological polar surface area (TPSA) is 169 Å². The predicted octanol–water partition coefficient (Wildman–Crippen LogP) is 3.44. The fourth-order valence-corrected chi connectivity index (χ4v) is 10.1. The second-order valence-corrected chi connectivity index (χ2v) is 17.3. The van der Waals surface area contributed by atoms with Crippen LogP contribution in [0.2, 0.25) is 0 Å². The average molecular weight is 793 g/mol. The Morgan fingerprint density at radius 1 is 1.05 bits per heavy atom. The number of aryl methyl sites for hydroxylation is 1. The molecule has 7 heterocycles. The van der Waals surface area contributed by atoms with Gasteiger partial charge in [0.05, 0.1) is 52.6 Å². The molecule has 3 atom stereocenters. The first-order chi connectivity index (χ1) is 28.1. The van der Waals surface area contributed by atoms with Crippen LogP contribution in [0, 0.1) is 11.3 Å². The summed E-state index contributed by atoms with van der Waals surface area (Å²) in [6.07, 6.45) is 11.9. The zero-order valence-electron chi connectivity index (χ0n) is 32.9. The van der Waals surface area contributed by atoms with Crippen LogP contribution in [0.4, 0.5) is 15.8 Å². The van der Waals surface area contributed by atoms with Crippen LogP contribution < -0.4 is 26.5 Å². The van der Waals surface area contributed by atoms with E-state index in [0.717, 1.165) is 99.2 Å². The van der Waals surface area contributed by atoms with Gasteiger partial charge >= 0.3 is 5.69 Å². The van der Waals surface area contributed by atoms with Gasteiger partial charge in [0, 0.05) is 71.4 Å². The number of nitrogens with zero attached hydrogens (tertiary/aromatic N) is 9. The fraction of sp³-hybridized carbons (Fsp3) is 0.537. The summed E-state index contributed by atoms with van der Waals surface area (Å²) in [6, 6.07) is 7.04. The monoisotopic (exact) mass is 792 g/mol. The number of hydrogen-bond donors (Lipinski definition) is 3. The molecule has 3 amide bonds. The number of anilines is 2. The van der Waals surface area contributed by atoms with Crippen LogP contribution in [-0.2, 0) is 16.6 Å². The number of halogens is 1. The zero-order chi connectivity index (χ0) is 39.9. The second kappa shape index (κ2) is 14.1. The van der Waals surface area contributed by atoms with E-state index in [4.69, 9.17) is 10.2 Å². The van der Waals surface area contributed by atoms with Gasteiger partial charge in [-0.2, -0.15) is 10.2 Å². The average Bonchev–Trinajstić information content (AvgIpc) is 3.54. The van der Waals surface area contributed by atoms with Crippen LogP contribution in [0.1, 0.15) is 80.4 Å². The molecule has 5 aromatic rings. The Kier molecular flexibility index (Phi) is 8.91. The molecule has 0 radical (unpaired) electrons. The molecule has 3 N–H and O–H groups in total. The van der Waals surface area contributed by atoms with Crippen LogP contribution in [0.15, 0.2) is 47.7 Å². The van der Waals surface area contributed by atoms with Crippen molar-refractivity contribution in [2.45, 2.75) is 82.1 Å². The normalized spacial score (nSPS) is 25.9. The number of piperidine rings is 2. The Bertz CT molecular complexity index is 2500. The number of imidazole rings is 2. The number of aromatic nitrogens is 7. The Balaban J connectivity index is 0.735. The lowest BCUT2D eigenvalue weighted by Crippen LogP contribution is -2.61. The zero-order valence-corrected chi connectivity index (χ0v) is 32.9. The van der Waals surface area contributed by atoms with Crippen molar-refractivity contribution in [1.82, 2.24) is 49.0 Å². The number of hydrogen-bond acceptors (Lipinski definition) is 10. The molecule has 3 aliphatic heterocycles. The summed E-state index contributed by atoms with van der Waals surface area (Å²) in [6.45, 7) is 5.22. The van der Waals surface area contributed by atoms with E-state index in [1.54, 1.807) is 23.2 Å². The molecule has 5 aliphatic rings. The van der Waals surface area contributed by atoms with Crippen molar-refractivity contribution in [3.8, 4) is 11.3 Å². The first-order valence-electron chi connectivity index (χ1n) is 20.6. The molecule has 10 rings (SSSR count). The number of para-hydroxylation sites is 1. The molecule has 1 unspecified atom stereocenters. The van der Waals surface area contributed by atoms with Crippen molar-refractivity contribution in [3.05, 3.63) is 59.0 Å². The standard InChI is InChI=1S/C41H49FN12O4/c1-43-30-17-28(48-54-34(19-44-37(30)54)39(57)46-29-16-27(29)42)25-18-45-52(21-25)26-8-6-24(7-9-26)20-50-22-41(23-50)12-14-51(15-13-41)31-4-3-5-32-36(31)49(2)40(58)53(32)33-10-11-35(55)47-38(33)56/h3-5,17-19,21,24,26-27,29,33,43H,6-16,20,22-23H2,1-2H3,(H,46,57)(H,47,55,56)/t24?,26?,27-,29+,33?/m0/s1. The van der Waals surface area contributed by atoms with Crippen LogP contribution in [0.5, 0.6) is 0 Å². The highest BCUT2D eigenvalue weighted by Crippen LogP contribution is 2.44. The van der Waals surface area contributed by atoms with Crippen LogP contribution in [0.25, 0.3) is 27.9 Å². The third kappa shape index (κ3) is 6.34. The van der Waals surface area contributed by atoms with E-state index in [-0.39, 0.29) is 23.7 Å². The minimum Gasteiger partial charge on any atom is -0.385 e. The Morgan fingerprint density at radius 3 is 2.55 bits per heavy atom. The van der Waals surface area contributed by atoms with Crippen molar-refractivity contribution in [3.63, 3.8) is 0 Å². The maximum absolute atomic E-state index is 13.5. The highest BCUT2D eigenvalue weighted by atomic mass is 19.1. The lowest BCUT2D eigenvalue weighted by molar-refractivity contribution is -0.135. The molecule has 4 aromatic heterocycles. The summed E-state index contributed by atoms with van der Waals surface area (Å²) in [5.74, 6) is -0.441. The van der Waals surface area contributed by atoms with E-state index in [9.17, 15) is 23.6 Å². The first kappa shape index (κ1) is 36.7. The van der Waals surface area contributed by atoms with Gasteiger partial charge in [0.15, 0.2) is 11.3 Å². The van der Waals surface area contributed by atoms with E-state index in [1.165, 1.54) is 10.7 Å². The number of benzene rings is 1. The summed E-state index contributed by atoms with van der Waals surface area (Å²) in [5.41, 5.74) is 5.73. The first-order valence-corrected chi connectivity index (χ1v) is 20.6. The molecule has 1 aromatic carbocycles. The predicted molar refractivity (Wildman–Crippen MR) is 214 cm³/mol. The van der Waals surface area contributed by atoms with Gasteiger partial charge in [0.1, 0.15) is 12.2 Å². The van der Waals surface area contributed by atoms with Gasteiger partial charge in [-0.25, -0.2) is 18.7 Å². The Hall–Kier alpha value is -5.58. The molecule has 2 saturated carbocycles. The van der Waals surface area contributed by atoms with Crippen molar-refractivity contribution in [2.24, 2.45) is 18.4 Å². The summed E-state index contributed by atoms with van der Waals surface area (Å²) >= 11 is 0. The van der Waals surface area contributed by atoms with E-state index >= 15 is 0 Å². The number of likely N-dealkylation sites (tertiary alicyclic amines) is 1. The number of carbonyl (C=O) groups excluding carboxylic acids is 3. The Labute approximate surface area is 333 Å². The van der Waals surface area contributed by atoms with E-state index < -0.39 is 30.1 Å². The molecule has 304 valence electrons. The number of fused-ring (bicyclic) bond motifs is 2. The van der Waals surface area contributed by atoms with Crippen molar-refractivity contribution < 1.29 is 18.8 Å². The van der Waals surface area contributed by atoms with E-state index in [0.29, 0.717) is 41.6 Å². The number of rotatable bonds is 9. The van der Waals surface area contributed by atoms with Crippen LogP contribution in [-0.4, -0.2) is 108 Å². The van der Waals surface area contributed by atoms with Gasteiger partial charge in [-0.1, -0.05) is 6.07 Å². The smallest absolute Gasteiger partial charge is 0.329 e. The van der Waals surface area contributed by atoms with Gasteiger partial charge in [0.2, 0.25) is 11.8 Å². The minimum absolute atomic E-state index is 0.220. The molecule has 0 bridgehead atoms. The number of carbonyl (C=O) groups is 3. The lowest BCUT2D eigenvalue weighted by atomic mass is 9.71. The maximum atomic E-state index is 13.5. The van der Waals surface area contributed by atoms with E-state index in [1.807, 2.05) is 30.6 Å². The largest absolute Gasteiger partial charge is 0.385 e. The molecular weight excluding hydrogens is 744 g/mol. The third-order valence-corrected chi connectivity index (χ3v) is 13.5. The Morgan fingerprint density at radius 2 is 1.83 bits per heavy atom. The quantitative estimate of drug-likeness (QED) is 0.188. The summed E-state index contributed by atoms with van der Waals surface area (Å²) < 4.78 is 20.3. The molecule has 5 fully saturated rings. The molecule has 58 heavy (non-hydrogen) atoms. The molecule has 17 heteroatoms. The maximum Gasteiger partial charge on any atom is 0.329 e. The van der Waals surface area contributed by atoms with Gasteiger partial charge in [0.25, 0.3) is 5.91 Å². The van der Waals surface area contributed by atoms with E-state index in [2.05, 4.69) is 41.5 Å². The lowest BCUT2D eigenvalue weighted by Gasteiger charge is -2.55. The molecule has 1 spiro atoms. The fourth-order valence-electron chi connectivity index (χ4n) is 10.1.